The Labute approximate surface area is 215 Å². The third-order valence-corrected chi connectivity index (χ3v) is 5.82. The summed E-state index contributed by atoms with van der Waals surface area (Å²) < 4.78 is 5.39. The van der Waals surface area contributed by atoms with Crippen LogP contribution in [-0.2, 0) is 20.9 Å². The van der Waals surface area contributed by atoms with Gasteiger partial charge in [-0.2, -0.15) is 0 Å². The van der Waals surface area contributed by atoms with Gasteiger partial charge in [-0.05, 0) is 64.2 Å². The Morgan fingerprint density at radius 2 is 1.64 bits per heavy atom. The molecule has 2 aromatic carbocycles. The number of aryl methyl sites for hydroxylation is 2. The second-order valence-corrected chi connectivity index (χ2v) is 10.5. The van der Waals surface area contributed by atoms with E-state index in [-0.39, 0.29) is 24.3 Å². The Bertz CT molecular complexity index is 1040. The zero-order chi connectivity index (χ0) is 27.0. The first kappa shape index (κ1) is 28.9. The molecule has 196 valence electrons. The average Bonchev–Trinajstić information content (AvgIpc) is 2.79. The molecule has 0 spiro atoms. The predicted molar refractivity (Wildman–Crippen MR) is 142 cm³/mol. The summed E-state index contributed by atoms with van der Waals surface area (Å²) in [5.74, 6) is -0.829. The van der Waals surface area contributed by atoms with Crippen LogP contribution in [0.1, 0.15) is 69.8 Å². The number of hydrogen-bond acceptors (Lipinski definition) is 4. The van der Waals surface area contributed by atoms with Crippen molar-refractivity contribution in [3.05, 3.63) is 70.8 Å². The van der Waals surface area contributed by atoms with Gasteiger partial charge in [-0.1, -0.05) is 67.9 Å². The van der Waals surface area contributed by atoms with Crippen LogP contribution in [0.2, 0.25) is 0 Å². The highest BCUT2D eigenvalue weighted by Crippen LogP contribution is 2.27. The number of benzene rings is 2. The van der Waals surface area contributed by atoms with E-state index in [0.29, 0.717) is 6.54 Å². The summed E-state index contributed by atoms with van der Waals surface area (Å²) in [5, 5.41) is 5.73. The van der Waals surface area contributed by atoms with Crippen LogP contribution in [0, 0.1) is 19.8 Å². The first-order valence-electron chi connectivity index (χ1n) is 12.5. The van der Waals surface area contributed by atoms with Gasteiger partial charge in [-0.15, -0.1) is 0 Å². The van der Waals surface area contributed by atoms with E-state index in [1.165, 1.54) is 0 Å². The van der Waals surface area contributed by atoms with E-state index in [4.69, 9.17) is 4.74 Å². The van der Waals surface area contributed by atoms with Crippen LogP contribution in [0.25, 0.3) is 0 Å². The van der Waals surface area contributed by atoms with Gasteiger partial charge in [0.05, 0.1) is 0 Å². The highest BCUT2D eigenvalue weighted by molar-refractivity contribution is 5.92. The molecular weight excluding hydrogens is 454 g/mol. The molecule has 0 aliphatic carbocycles. The molecule has 2 aromatic rings. The largest absolute Gasteiger partial charge is 0.444 e. The van der Waals surface area contributed by atoms with Crippen molar-refractivity contribution < 1.29 is 19.1 Å². The SMILES string of the molecule is CCN(C(=O)C(NC(=O)OC(C)(C)C)C(C)C)C(C(=O)NCc1ccccc1)c1ccc(C)cc1C. The summed E-state index contributed by atoms with van der Waals surface area (Å²) >= 11 is 0. The highest BCUT2D eigenvalue weighted by atomic mass is 16.6. The van der Waals surface area contributed by atoms with E-state index in [0.717, 1.165) is 22.3 Å². The number of rotatable bonds is 9. The van der Waals surface area contributed by atoms with E-state index >= 15 is 0 Å². The molecule has 0 saturated carbocycles. The van der Waals surface area contributed by atoms with Crippen LogP contribution >= 0.6 is 0 Å². The van der Waals surface area contributed by atoms with Gasteiger partial charge in [0.1, 0.15) is 17.7 Å². The molecule has 0 heterocycles. The Balaban J connectivity index is 2.41. The van der Waals surface area contributed by atoms with Gasteiger partial charge in [0.2, 0.25) is 11.8 Å². The minimum absolute atomic E-state index is 0.216. The van der Waals surface area contributed by atoms with Crippen molar-refractivity contribution in [1.29, 1.82) is 0 Å². The first-order valence-corrected chi connectivity index (χ1v) is 12.5. The summed E-state index contributed by atoms with van der Waals surface area (Å²) in [6.07, 6.45) is -0.665. The summed E-state index contributed by atoms with van der Waals surface area (Å²) in [5.41, 5.74) is 3.01. The summed E-state index contributed by atoms with van der Waals surface area (Å²) in [4.78, 5) is 41.6. The van der Waals surface area contributed by atoms with Gasteiger partial charge >= 0.3 is 6.09 Å². The summed E-state index contributed by atoms with van der Waals surface area (Å²) in [6.45, 7) is 15.4. The number of likely N-dealkylation sites (N-methyl/N-ethyl adjacent to an activating group) is 1. The number of nitrogens with one attached hydrogen (secondary N) is 2. The molecule has 7 nitrogen and oxygen atoms in total. The minimum atomic E-state index is -0.853. The van der Waals surface area contributed by atoms with E-state index in [1.54, 1.807) is 25.7 Å². The number of amides is 3. The zero-order valence-corrected chi connectivity index (χ0v) is 22.8. The third kappa shape index (κ3) is 8.11. The molecule has 36 heavy (non-hydrogen) atoms. The molecule has 7 heteroatoms. The van der Waals surface area contributed by atoms with Gasteiger partial charge in [0.15, 0.2) is 0 Å². The number of hydrogen-bond donors (Lipinski definition) is 2. The molecule has 0 saturated heterocycles. The van der Waals surface area contributed by atoms with E-state index < -0.39 is 23.8 Å². The van der Waals surface area contributed by atoms with Crippen molar-refractivity contribution >= 4 is 17.9 Å². The van der Waals surface area contributed by atoms with Crippen molar-refractivity contribution in [2.45, 2.75) is 79.6 Å². The number of carbonyl (C=O) groups excluding carboxylic acids is 3. The van der Waals surface area contributed by atoms with Crippen molar-refractivity contribution in [3.63, 3.8) is 0 Å². The lowest BCUT2D eigenvalue weighted by Crippen LogP contribution is -2.54. The molecule has 0 radical (unpaired) electrons. The molecule has 2 atom stereocenters. The third-order valence-electron chi connectivity index (χ3n) is 5.82. The first-order chi connectivity index (χ1) is 16.8. The van der Waals surface area contributed by atoms with Crippen LogP contribution in [0.4, 0.5) is 4.79 Å². The Kier molecular flexibility index (Phi) is 10.1. The smallest absolute Gasteiger partial charge is 0.408 e. The Morgan fingerprint density at radius 1 is 1.00 bits per heavy atom. The minimum Gasteiger partial charge on any atom is -0.444 e. The number of alkyl carbamates (subject to hydrolysis) is 1. The fraction of sp³-hybridized carbons (Fsp3) is 0.483. The fourth-order valence-corrected chi connectivity index (χ4v) is 4.06. The van der Waals surface area contributed by atoms with Gasteiger partial charge < -0.3 is 20.3 Å². The number of carbonyl (C=O) groups is 3. The topological polar surface area (TPSA) is 87.7 Å². The lowest BCUT2D eigenvalue weighted by Gasteiger charge is -2.35. The molecule has 3 amide bonds. The van der Waals surface area contributed by atoms with Gasteiger partial charge in [0, 0.05) is 13.1 Å². The average molecular weight is 496 g/mol. The molecular formula is C29H41N3O4. The molecule has 0 aliphatic rings. The lowest BCUT2D eigenvalue weighted by molar-refractivity contribution is -0.143. The standard InChI is InChI=1S/C29H41N3O4/c1-9-32(27(34)24(19(2)3)31-28(35)36-29(6,7)8)25(23-16-15-20(4)17-21(23)5)26(33)30-18-22-13-11-10-12-14-22/h10-17,19,24-25H,9,18H2,1-8H3,(H,30,33)(H,31,35). The normalized spacial score (nSPS) is 13.0. The molecule has 2 rings (SSSR count). The maximum atomic E-state index is 13.9. The van der Waals surface area contributed by atoms with Gasteiger partial charge in [0.25, 0.3) is 0 Å². The molecule has 0 fully saturated rings. The monoisotopic (exact) mass is 495 g/mol. The number of ether oxygens (including phenoxy) is 1. The Hall–Kier alpha value is -3.35. The highest BCUT2D eigenvalue weighted by Gasteiger charge is 2.37. The predicted octanol–water partition coefficient (Wildman–Crippen LogP) is 5.06. The quantitative estimate of drug-likeness (QED) is 0.509. The molecule has 0 aliphatic heterocycles. The molecule has 2 unspecified atom stereocenters. The molecule has 0 bridgehead atoms. The molecule has 0 aromatic heterocycles. The summed E-state index contributed by atoms with van der Waals surface area (Å²) in [6, 6.07) is 13.8. The van der Waals surface area contributed by atoms with E-state index in [2.05, 4.69) is 10.6 Å². The van der Waals surface area contributed by atoms with Crippen LogP contribution in [-0.4, -0.2) is 41.0 Å². The second-order valence-electron chi connectivity index (χ2n) is 10.5. The number of nitrogens with zero attached hydrogens (tertiary/aromatic N) is 1. The lowest BCUT2D eigenvalue weighted by atomic mass is 9.95. The van der Waals surface area contributed by atoms with Crippen molar-refractivity contribution in [2.24, 2.45) is 5.92 Å². The fourth-order valence-electron chi connectivity index (χ4n) is 4.06. The summed E-state index contributed by atoms with van der Waals surface area (Å²) in [7, 11) is 0. The van der Waals surface area contributed by atoms with Crippen molar-refractivity contribution in [2.75, 3.05) is 6.54 Å². The van der Waals surface area contributed by atoms with Crippen molar-refractivity contribution in [3.8, 4) is 0 Å². The molecule has 2 N–H and O–H groups in total. The van der Waals surface area contributed by atoms with Gasteiger partial charge in [-0.3, -0.25) is 9.59 Å². The Morgan fingerprint density at radius 3 is 2.17 bits per heavy atom. The van der Waals surface area contributed by atoms with E-state index in [9.17, 15) is 14.4 Å². The van der Waals surface area contributed by atoms with Crippen LogP contribution in [0.15, 0.2) is 48.5 Å². The van der Waals surface area contributed by atoms with E-state index in [1.807, 2.05) is 83.1 Å². The van der Waals surface area contributed by atoms with Crippen LogP contribution in [0.3, 0.4) is 0 Å². The van der Waals surface area contributed by atoms with Crippen LogP contribution in [0.5, 0.6) is 0 Å². The maximum Gasteiger partial charge on any atom is 0.408 e. The van der Waals surface area contributed by atoms with Crippen molar-refractivity contribution in [1.82, 2.24) is 15.5 Å². The second kappa shape index (κ2) is 12.6. The van der Waals surface area contributed by atoms with Gasteiger partial charge in [-0.25, -0.2) is 4.79 Å². The van der Waals surface area contributed by atoms with Crippen LogP contribution < -0.4 is 10.6 Å². The zero-order valence-electron chi connectivity index (χ0n) is 22.8. The maximum absolute atomic E-state index is 13.9.